The van der Waals surface area contributed by atoms with Crippen LogP contribution in [0.25, 0.3) is 0 Å². The molecule has 8 heteroatoms. The molecule has 2 aromatic rings. The number of carbonyl (C=O) groups is 2. The van der Waals surface area contributed by atoms with Gasteiger partial charge in [-0.15, -0.1) is 0 Å². The fourth-order valence-electron chi connectivity index (χ4n) is 3.52. The molecule has 0 saturated heterocycles. The van der Waals surface area contributed by atoms with E-state index in [-0.39, 0.29) is 11.8 Å². The van der Waals surface area contributed by atoms with Crippen molar-refractivity contribution < 1.29 is 14.3 Å². The average molecular weight is 371 g/mol. The van der Waals surface area contributed by atoms with Gasteiger partial charge in [0.15, 0.2) is 5.69 Å². The number of carbonyl (C=O) groups excluding carboxylic acids is 2. The summed E-state index contributed by atoms with van der Waals surface area (Å²) in [7, 11) is 5.28. The van der Waals surface area contributed by atoms with E-state index >= 15 is 0 Å². The molecule has 0 bridgehead atoms. The quantitative estimate of drug-likeness (QED) is 0.763. The molecule has 0 spiro atoms. The molecule has 27 heavy (non-hydrogen) atoms. The molecule has 2 aromatic heterocycles. The summed E-state index contributed by atoms with van der Waals surface area (Å²) in [5.74, 6) is 0.462. The van der Waals surface area contributed by atoms with Crippen LogP contribution >= 0.6 is 0 Å². The van der Waals surface area contributed by atoms with Crippen molar-refractivity contribution in [3.8, 4) is 0 Å². The van der Waals surface area contributed by atoms with Gasteiger partial charge in [-0.2, -0.15) is 5.10 Å². The smallest absolute Gasteiger partial charge is 0.359 e. The Morgan fingerprint density at radius 2 is 2.07 bits per heavy atom. The number of aryl methyl sites for hydroxylation is 1. The third kappa shape index (κ3) is 3.51. The van der Waals surface area contributed by atoms with E-state index in [1.54, 1.807) is 38.0 Å². The topological polar surface area (TPSA) is 80.6 Å². The van der Waals surface area contributed by atoms with Gasteiger partial charge in [0, 0.05) is 57.6 Å². The highest BCUT2D eigenvalue weighted by Gasteiger charge is 2.32. The van der Waals surface area contributed by atoms with Crippen molar-refractivity contribution in [2.75, 3.05) is 32.1 Å². The zero-order chi connectivity index (χ0) is 19.7. The molecule has 0 aromatic carbocycles. The number of fused-ring (bicyclic) bond motifs is 1. The van der Waals surface area contributed by atoms with E-state index in [1.165, 1.54) is 4.90 Å². The van der Waals surface area contributed by atoms with E-state index in [1.807, 2.05) is 13.1 Å². The number of amides is 1. The van der Waals surface area contributed by atoms with E-state index < -0.39 is 5.97 Å². The van der Waals surface area contributed by atoms with Gasteiger partial charge >= 0.3 is 5.97 Å². The van der Waals surface area contributed by atoms with Crippen molar-refractivity contribution in [1.29, 1.82) is 0 Å². The van der Waals surface area contributed by atoms with Gasteiger partial charge in [0.25, 0.3) is 5.91 Å². The van der Waals surface area contributed by atoms with Crippen LogP contribution in [-0.4, -0.2) is 58.8 Å². The first-order valence-electron chi connectivity index (χ1n) is 8.99. The van der Waals surface area contributed by atoms with Crippen LogP contribution in [0.3, 0.4) is 0 Å². The van der Waals surface area contributed by atoms with Crippen molar-refractivity contribution in [2.45, 2.75) is 26.3 Å². The summed E-state index contributed by atoms with van der Waals surface area (Å²) in [6, 6.07) is 3.62. The number of ether oxygens (including phenoxy) is 1. The second-order valence-corrected chi connectivity index (χ2v) is 6.94. The van der Waals surface area contributed by atoms with Crippen molar-refractivity contribution in [3.05, 3.63) is 40.8 Å². The average Bonchev–Trinajstić information content (AvgIpc) is 2.98. The Kier molecular flexibility index (Phi) is 5.16. The van der Waals surface area contributed by atoms with E-state index in [9.17, 15) is 9.59 Å². The molecule has 3 rings (SSSR count). The number of hydrogen-bond acceptors (Lipinski definition) is 6. The van der Waals surface area contributed by atoms with Gasteiger partial charge in [-0.3, -0.25) is 9.48 Å². The van der Waals surface area contributed by atoms with Gasteiger partial charge in [-0.25, -0.2) is 9.78 Å². The zero-order valence-electron chi connectivity index (χ0n) is 16.4. The maximum atomic E-state index is 12.3. The van der Waals surface area contributed by atoms with Crippen molar-refractivity contribution in [2.24, 2.45) is 7.05 Å². The van der Waals surface area contributed by atoms with Crippen LogP contribution in [0.1, 0.15) is 51.9 Å². The lowest BCUT2D eigenvalue weighted by Gasteiger charge is -2.32. The van der Waals surface area contributed by atoms with Crippen molar-refractivity contribution >= 4 is 17.7 Å². The van der Waals surface area contributed by atoms with Crippen LogP contribution in [0, 0.1) is 0 Å². The predicted octanol–water partition coefficient (Wildman–Crippen LogP) is 1.82. The number of nitrogens with zero attached hydrogens (tertiary/aromatic N) is 5. The molecule has 1 aliphatic rings. The standard InChI is InChI=1S/C19H25N5O3/c1-6-27-19(26)16-14-11-24(10-12(2)17(14)23(5)21-16)15-8-7-13(9-20-15)18(25)22(3)4/h7-9,12H,6,10-11H2,1-5H3/t12-/m0/s1. The number of aromatic nitrogens is 3. The lowest BCUT2D eigenvalue weighted by Crippen LogP contribution is -2.34. The Balaban J connectivity index is 1.90. The third-order valence-electron chi connectivity index (χ3n) is 4.70. The fourth-order valence-corrected chi connectivity index (χ4v) is 3.52. The van der Waals surface area contributed by atoms with Crippen LogP contribution in [0.2, 0.25) is 0 Å². The summed E-state index contributed by atoms with van der Waals surface area (Å²) in [6.45, 7) is 5.47. The Morgan fingerprint density at radius 1 is 1.33 bits per heavy atom. The Hall–Kier alpha value is -2.90. The largest absolute Gasteiger partial charge is 0.461 e. The lowest BCUT2D eigenvalue weighted by atomic mass is 9.96. The number of rotatable bonds is 4. The molecule has 1 atom stereocenters. The van der Waals surface area contributed by atoms with Gasteiger partial charge < -0.3 is 14.5 Å². The maximum absolute atomic E-state index is 12.3. The summed E-state index contributed by atoms with van der Waals surface area (Å²) < 4.78 is 6.93. The zero-order valence-corrected chi connectivity index (χ0v) is 16.4. The van der Waals surface area contributed by atoms with Crippen LogP contribution in [0.4, 0.5) is 5.82 Å². The minimum atomic E-state index is -0.400. The SMILES string of the molecule is CCOC(=O)c1nn(C)c2c1CN(c1ccc(C(=O)N(C)C)cn1)C[C@@H]2C. The second kappa shape index (κ2) is 7.38. The Bertz CT molecular complexity index is 857. The molecule has 8 nitrogen and oxygen atoms in total. The van der Waals surface area contributed by atoms with E-state index in [0.29, 0.717) is 24.4 Å². The molecular formula is C19H25N5O3. The van der Waals surface area contributed by atoms with Crippen LogP contribution in [0.5, 0.6) is 0 Å². The monoisotopic (exact) mass is 371 g/mol. The van der Waals surface area contributed by atoms with Gasteiger partial charge in [0.2, 0.25) is 0 Å². The molecule has 144 valence electrons. The van der Waals surface area contributed by atoms with Gasteiger partial charge in [0.1, 0.15) is 5.82 Å². The summed E-state index contributed by atoms with van der Waals surface area (Å²) in [5, 5.41) is 4.39. The first-order valence-corrected chi connectivity index (χ1v) is 8.99. The van der Waals surface area contributed by atoms with Crippen LogP contribution in [-0.2, 0) is 18.3 Å². The first-order chi connectivity index (χ1) is 12.8. The Labute approximate surface area is 158 Å². The summed E-state index contributed by atoms with van der Waals surface area (Å²) in [4.78, 5) is 32.4. The maximum Gasteiger partial charge on any atom is 0.359 e. The second-order valence-electron chi connectivity index (χ2n) is 6.94. The minimum Gasteiger partial charge on any atom is -0.461 e. The molecule has 0 saturated carbocycles. The molecule has 3 heterocycles. The summed E-state index contributed by atoms with van der Waals surface area (Å²) in [6.07, 6.45) is 1.59. The number of esters is 1. The van der Waals surface area contributed by atoms with Crippen molar-refractivity contribution in [3.63, 3.8) is 0 Å². The predicted molar refractivity (Wildman–Crippen MR) is 101 cm³/mol. The number of hydrogen-bond donors (Lipinski definition) is 0. The molecule has 0 fully saturated rings. The highest BCUT2D eigenvalue weighted by Crippen LogP contribution is 2.32. The first kappa shape index (κ1) is 18.9. The number of anilines is 1. The molecule has 0 N–H and O–H groups in total. The van der Waals surface area contributed by atoms with Crippen LogP contribution < -0.4 is 4.90 Å². The fraction of sp³-hybridized carbons (Fsp3) is 0.474. The van der Waals surface area contributed by atoms with E-state index in [4.69, 9.17) is 4.74 Å². The molecule has 0 radical (unpaired) electrons. The van der Waals surface area contributed by atoms with E-state index in [0.717, 1.165) is 23.6 Å². The summed E-state index contributed by atoms with van der Waals surface area (Å²) >= 11 is 0. The van der Waals surface area contributed by atoms with Gasteiger partial charge in [-0.1, -0.05) is 6.92 Å². The normalized spacial score (nSPS) is 16.0. The summed E-state index contributed by atoms with van der Waals surface area (Å²) in [5.41, 5.74) is 2.84. The lowest BCUT2D eigenvalue weighted by molar-refractivity contribution is 0.0517. The van der Waals surface area contributed by atoms with Gasteiger partial charge in [-0.05, 0) is 19.1 Å². The van der Waals surface area contributed by atoms with Crippen molar-refractivity contribution in [1.82, 2.24) is 19.7 Å². The minimum absolute atomic E-state index is 0.0831. The molecule has 1 aliphatic heterocycles. The number of pyridine rings is 1. The van der Waals surface area contributed by atoms with E-state index in [2.05, 4.69) is 21.9 Å². The highest BCUT2D eigenvalue weighted by atomic mass is 16.5. The Morgan fingerprint density at radius 3 is 2.67 bits per heavy atom. The molecule has 0 aliphatic carbocycles. The molecule has 0 unspecified atom stereocenters. The van der Waals surface area contributed by atoms with Gasteiger partial charge in [0.05, 0.1) is 12.2 Å². The van der Waals surface area contributed by atoms with Crippen LogP contribution in [0.15, 0.2) is 18.3 Å². The third-order valence-corrected chi connectivity index (χ3v) is 4.70. The molecular weight excluding hydrogens is 346 g/mol. The highest BCUT2D eigenvalue weighted by molar-refractivity contribution is 5.93. The molecule has 1 amide bonds.